The molecule has 0 spiro atoms. The van der Waals surface area contributed by atoms with E-state index in [2.05, 4.69) is 0 Å². The largest absolute Gasteiger partial charge is 2.00 e. The average Bonchev–Trinajstić information content (AvgIpc) is 1.12. The molecule has 0 aliphatic rings. The van der Waals surface area contributed by atoms with Crippen molar-refractivity contribution in [3.05, 3.63) is 0 Å². The van der Waals surface area contributed by atoms with Crippen molar-refractivity contribution in [2.24, 2.45) is 0 Å². The van der Waals surface area contributed by atoms with Gasteiger partial charge in [0.15, 0.2) is 0 Å². The molecule has 0 unspecified atom stereocenters. The summed E-state index contributed by atoms with van der Waals surface area (Å²) in [6, 6.07) is 0. The predicted octanol–water partition coefficient (Wildman–Crippen LogP) is -10.8. The average molecular weight is 495 g/mol. The Balaban J connectivity index is -0.00000000508. The minimum Gasteiger partial charge on any atom is -0.457 e. The molecule has 0 aliphatic heterocycles. The van der Waals surface area contributed by atoms with Crippen LogP contribution in [0.1, 0.15) is 0 Å². The molecule has 0 radical (unpaired) electrons. The van der Waals surface area contributed by atoms with E-state index in [1.54, 1.807) is 0 Å². The van der Waals surface area contributed by atoms with Gasteiger partial charge in [-0.2, -0.15) is 0 Å². The molecule has 0 aliphatic carbocycles. The molecule has 0 rings (SSSR count). The van der Waals surface area contributed by atoms with Gasteiger partial charge in [0.25, 0.3) is 0 Å². The van der Waals surface area contributed by atoms with Gasteiger partial charge < -0.3 is 45.2 Å². The zero-order chi connectivity index (χ0) is 9.00. The summed E-state index contributed by atoms with van der Waals surface area (Å²) in [6.07, 6.45) is 0. The molecule has 0 saturated heterocycles. The fraction of sp³-hybridized carbons (Fsp3) is 0. The Labute approximate surface area is 120 Å². The van der Waals surface area contributed by atoms with Crippen molar-refractivity contribution in [2.45, 2.75) is 0 Å². The molecule has 136 valence electrons. The van der Waals surface area contributed by atoms with E-state index in [1.807, 2.05) is 0 Å². The summed E-state index contributed by atoms with van der Waals surface area (Å²) >= 11 is -11.5. The topological polar surface area (TPSA) is 432 Å². The molecule has 19 heteroatoms. The standard InChI is InChI=1S/2H3N.Ni.2H2O4Se.6H2O/c;;;2*1-5(2,3)4;;;;;;/h2*1H3;;2*(H2,1,2,3,4);6*1H2/q;;+2;;;;;;;;/p+4. The Kier molecular flexibility index (Phi) is 179. The molecule has 0 aromatic rings. The van der Waals surface area contributed by atoms with E-state index < -0.39 is 26.7 Å². The van der Waals surface area contributed by atoms with Crippen LogP contribution in [0.3, 0.4) is 0 Å². The van der Waals surface area contributed by atoms with E-state index >= 15 is 0 Å². The second-order valence-corrected chi connectivity index (χ2v) is 4.24. The van der Waals surface area contributed by atoms with Crippen molar-refractivity contribution in [1.29, 1.82) is 0 Å². The third-order valence-electron chi connectivity index (χ3n) is 0. The molecule has 0 atom stereocenters. The normalized spacial score (nSPS) is 6.11. The molecule has 0 saturated carbocycles. The Morgan fingerprint density at radius 3 is 0.474 bits per heavy atom. The number of quaternary nitrogens is 2. The van der Waals surface area contributed by atoms with E-state index in [1.165, 1.54) is 0 Å². The smallest absolute Gasteiger partial charge is 0.457 e. The van der Waals surface area contributed by atoms with Gasteiger partial charge in [0.05, 0.1) is 0 Å². The van der Waals surface area contributed by atoms with Crippen molar-refractivity contribution in [1.82, 2.24) is 12.3 Å². The van der Waals surface area contributed by atoms with E-state index in [9.17, 15) is 0 Å². The van der Waals surface area contributed by atoms with E-state index in [0.29, 0.717) is 0 Å². The van der Waals surface area contributed by atoms with Crippen LogP contribution in [0.5, 0.6) is 0 Å². The third-order valence-corrected chi connectivity index (χ3v) is 0. The minimum atomic E-state index is -5.75. The molecule has 0 aromatic carbocycles. The maximum absolute atomic E-state index is 8.59. The van der Waals surface area contributed by atoms with Crippen molar-refractivity contribution in [2.75, 3.05) is 0 Å². The fourth-order valence-corrected chi connectivity index (χ4v) is 0. The molecule has 16 nitrogen and oxygen atoms in total. The Hall–Kier alpha value is 0.252. The molecular formula is H26N2NiO14Se2+6. The Morgan fingerprint density at radius 1 is 0.474 bits per heavy atom. The first kappa shape index (κ1) is 94.2. The number of hydrogen-bond donors (Lipinski definition) is 2. The Morgan fingerprint density at radius 2 is 0.474 bits per heavy atom. The summed E-state index contributed by atoms with van der Waals surface area (Å²) < 4.78 is 68.8. The van der Waals surface area contributed by atoms with Crippen molar-refractivity contribution < 1.29 is 81.4 Å². The van der Waals surface area contributed by atoms with Crippen LogP contribution in [0.15, 0.2) is 0 Å². The molecule has 0 aromatic heterocycles. The van der Waals surface area contributed by atoms with Gasteiger partial charge in [-0.1, -0.05) is 0 Å². The summed E-state index contributed by atoms with van der Waals surface area (Å²) in [5.41, 5.74) is 0. The monoisotopic (exact) mass is 496 g/mol. The quantitative estimate of drug-likeness (QED) is 0.239. The van der Waals surface area contributed by atoms with Gasteiger partial charge in [-0.25, -0.2) is 0 Å². The van der Waals surface area contributed by atoms with Crippen molar-refractivity contribution >= 4 is 26.7 Å². The summed E-state index contributed by atoms with van der Waals surface area (Å²) in [6.45, 7) is 0. The van der Waals surface area contributed by atoms with Gasteiger partial charge in [-0.05, 0) is 0 Å². The minimum absolute atomic E-state index is 0. The summed E-state index contributed by atoms with van der Waals surface area (Å²) in [7, 11) is 0. The van der Waals surface area contributed by atoms with Gasteiger partial charge in [0, 0.05) is 0 Å². The first-order chi connectivity index (χ1) is 4.00. The first-order valence-electron chi connectivity index (χ1n) is 1.33. The molecule has 0 fully saturated rings. The molecule has 19 heavy (non-hydrogen) atoms. The fourth-order valence-electron chi connectivity index (χ4n) is 0. The van der Waals surface area contributed by atoms with Crippen LogP contribution < -0.4 is 29.1 Å². The van der Waals surface area contributed by atoms with E-state index in [0.717, 1.165) is 0 Å². The van der Waals surface area contributed by atoms with Gasteiger partial charge >= 0.3 is 75.3 Å². The summed E-state index contributed by atoms with van der Waals surface area (Å²) in [5, 5.41) is 0. The van der Waals surface area contributed by atoms with Crippen LogP contribution in [0, 0.1) is 0 Å². The second kappa shape index (κ2) is 36.2. The third kappa shape index (κ3) is 75600. The van der Waals surface area contributed by atoms with Crippen LogP contribution in [-0.2, 0) is 64.7 Å². The molecule has 26 N–H and O–H groups in total. The van der Waals surface area contributed by atoms with E-state index in [4.69, 9.17) is 32.1 Å². The number of rotatable bonds is 0. The molecule has 0 amide bonds. The van der Waals surface area contributed by atoms with Gasteiger partial charge in [-0.3, -0.25) is 0 Å². The SMILES string of the molecule is O=[Se](=O)([O-])[O-].O=[Se](=O)([O-])[O-].[NH4+].[NH4+].[Ni+2].[OH3+].[OH3+].[OH3+].[OH3+].[OH3+].[OH3+]. The zero-order valence-corrected chi connectivity index (χ0v) is 14.3. The summed E-state index contributed by atoms with van der Waals surface area (Å²) in [4.78, 5) is 0. The van der Waals surface area contributed by atoms with Crippen molar-refractivity contribution in [3.8, 4) is 0 Å². The molecule has 0 heterocycles. The van der Waals surface area contributed by atoms with Crippen LogP contribution in [0.2, 0.25) is 0 Å². The van der Waals surface area contributed by atoms with Gasteiger partial charge in [-0.15, -0.1) is 0 Å². The van der Waals surface area contributed by atoms with Crippen LogP contribution in [0.25, 0.3) is 0 Å². The molecule has 0 bridgehead atoms. The second-order valence-electron chi connectivity index (χ2n) is 0.816. The predicted molar refractivity (Wildman–Crippen MR) is 55.5 cm³/mol. The van der Waals surface area contributed by atoms with Gasteiger partial charge in [0.1, 0.15) is 0 Å². The Bertz CT molecular complexity index is 220. The van der Waals surface area contributed by atoms with Crippen LogP contribution in [-0.4, -0.2) is 26.7 Å². The zero-order valence-electron chi connectivity index (χ0n) is 9.86. The van der Waals surface area contributed by atoms with Crippen LogP contribution in [0.4, 0.5) is 0 Å². The first-order valence-corrected chi connectivity index (χ1v) is 6.93. The van der Waals surface area contributed by atoms with E-state index in [-0.39, 0.29) is 61.6 Å². The number of hydrogen-bond acceptors (Lipinski definition) is 8. The maximum Gasteiger partial charge on any atom is 2.00 e. The van der Waals surface area contributed by atoms with Crippen LogP contribution >= 0.6 is 0 Å². The van der Waals surface area contributed by atoms with Crippen molar-refractivity contribution in [3.63, 3.8) is 0 Å². The summed E-state index contributed by atoms with van der Waals surface area (Å²) in [5.74, 6) is 0. The van der Waals surface area contributed by atoms with Gasteiger partial charge in [0.2, 0.25) is 0 Å². The molecular weight excluding hydrogens is 469 g/mol. The maximum atomic E-state index is 8.59.